The van der Waals surface area contributed by atoms with Gasteiger partial charge in [-0.2, -0.15) is 0 Å². The Morgan fingerprint density at radius 2 is 1.94 bits per heavy atom. The fraction of sp³-hybridized carbons (Fsp3) is 0.385. The highest BCUT2D eigenvalue weighted by Crippen LogP contribution is 2.14. The first-order chi connectivity index (χ1) is 8.41. The van der Waals surface area contributed by atoms with Crippen LogP contribution in [-0.2, 0) is 0 Å². The van der Waals surface area contributed by atoms with Crippen LogP contribution in [0.25, 0.3) is 0 Å². The van der Waals surface area contributed by atoms with Gasteiger partial charge in [-0.05, 0) is 38.1 Å². The largest absolute Gasteiger partial charge is 0.393 e. The van der Waals surface area contributed by atoms with Crippen molar-refractivity contribution in [2.75, 3.05) is 6.54 Å². The summed E-state index contributed by atoms with van der Waals surface area (Å²) in [5.41, 5.74) is 6.16. The third-order valence-corrected chi connectivity index (χ3v) is 3.31. The molecule has 3 nitrogen and oxygen atoms in total. The number of nitrogens with zero attached hydrogens (tertiary/aromatic N) is 1. The summed E-state index contributed by atoms with van der Waals surface area (Å²) in [5.74, 6) is 0.00810. The molecule has 1 aromatic carbocycles. The van der Waals surface area contributed by atoms with E-state index in [0.29, 0.717) is 23.5 Å². The minimum atomic E-state index is 0.00810. The number of nitrogens with two attached hydrogens (primary N) is 1. The third-order valence-electron chi connectivity index (χ3n) is 2.57. The van der Waals surface area contributed by atoms with Gasteiger partial charge < -0.3 is 10.6 Å². The number of carbonyl (C=O) groups excluding carboxylic acids is 1. The Morgan fingerprint density at radius 1 is 1.39 bits per heavy atom. The van der Waals surface area contributed by atoms with E-state index in [2.05, 4.69) is 15.9 Å². The van der Waals surface area contributed by atoms with Gasteiger partial charge >= 0.3 is 0 Å². The third kappa shape index (κ3) is 4.38. The van der Waals surface area contributed by atoms with Gasteiger partial charge in [0.25, 0.3) is 5.91 Å². The fourth-order valence-corrected chi connectivity index (χ4v) is 1.94. The van der Waals surface area contributed by atoms with Crippen molar-refractivity contribution in [3.63, 3.8) is 0 Å². The molecule has 0 fully saturated rings. The minimum absolute atomic E-state index is 0.00810. The van der Waals surface area contributed by atoms with Crippen LogP contribution in [0.15, 0.2) is 28.7 Å². The molecule has 1 rings (SSSR count). The molecular formula is C13H17BrN2OS. The first-order valence-corrected chi connectivity index (χ1v) is 6.96. The molecule has 0 aliphatic rings. The highest BCUT2D eigenvalue weighted by atomic mass is 79.9. The minimum Gasteiger partial charge on any atom is -0.393 e. The van der Waals surface area contributed by atoms with Gasteiger partial charge in [0.05, 0.1) is 4.99 Å². The molecule has 0 spiro atoms. The van der Waals surface area contributed by atoms with Gasteiger partial charge in [0, 0.05) is 29.0 Å². The van der Waals surface area contributed by atoms with Crippen molar-refractivity contribution in [1.29, 1.82) is 0 Å². The lowest BCUT2D eigenvalue weighted by Gasteiger charge is -2.26. The summed E-state index contributed by atoms with van der Waals surface area (Å²) in [6.45, 7) is 4.52. The van der Waals surface area contributed by atoms with Crippen LogP contribution in [0, 0.1) is 0 Å². The quantitative estimate of drug-likeness (QED) is 0.845. The zero-order valence-corrected chi connectivity index (χ0v) is 12.9. The highest BCUT2D eigenvalue weighted by molar-refractivity contribution is 9.10. The van der Waals surface area contributed by atoms with E-state index in [1.807, 2.05) is 38.1 Å². The standard InChI is InChI=1S/C13H17BrN2OS/c1-9(2)16(8-7-12(15)18)13(17)10-3-5-11(14)6-4-10/h3-6,9H,7-8H2,1-2H3,(H2,15,18). The predicted octanol–water partition coefficient (Wildman–Crippen LogP) is 2.98. The molecule has 0 radical (unpaired) electrons. The Labute approximate surface area is 121 Å². The lowest BCUT2D eigenvalue weighted by Crippen LogP contribution is -2.38. The average Bonchev–Trinajstić information content (AvgIpc) is 2.29. The van der Waals surface area contributed by atoms with Crippen molar-refractivity contribution in [3.05, 3.63) is 34.3 Å². The van der Waals surface area contributed by atoms with Crippen molar-refractivity contribution in [3.8, 4) is 0 Å². The number of amides is 1. The van der Waals surface area contributed by atoms with Crippen molar-refractivity contribution in [2.24, 2.45) is 5.73 Å². The molecule has 18 heavy (non-hydrogen) atoms. The topological polar surface area (TPSA) is 46.3 Å². The van der Waals surface area contributed by atoms with Gasteiger partial charge in [-0.25, -0.2) is 0 Å². The molecular weight excluding hydrogens is 312 g/mol. The van der Waals surface area contributed by atoms with Gasteiger partial charge in [0.2, 0.25) is 0 Å². The number of hydrogen-bond donors (Lipinski definition) is 1. The predicted molar refractivity (Wildman–Crippen MR) is 81.7 cm³/mol. The summed E-state index contributed by atoms with van der Waals surface area (Å²) in [7, 11) is 0. The van der Waals surface area contributed by atoms with Crippen molar-refractivity contribution >= 4 is 39.0 Å². The monoisotopic (exact) mass is 328 g/mol. The van der Waals surface area contributed by atoms with E-state index in [9.17, 15) is 4.79 Å². The van der Waals surface area contributed by atoms with E-state index in [1.54, 1.807) is 4.90 Å². The van der Waals surface area contributed by atoms with Crippen LogP contribution in [-0.4, -0.2) is 28.4 Å². The molecule has 0 saturated carbocycles. The number of rotatable bonds is 5. The zero-order chi connectivity index (χ0) is 13.7. The summed E-state index contributed by atoms with van der Waals surface area (Å²) in [6.07, 6.45) is 0.551. The number of thiocarbonyl (C=S) groups is 1. The van der Waals surface area contributed by atoms with Gasteiger partial charge in [0.1, 0.15) is 0 Å². The SMILES string of the molecule is CC(C)N(CCC(N)=S)C(=O)c1ccc(Br)cc1. The second-order valence-corrected chi connectivity index (χ2v) is 5.76. The summed E-state index contributed by atoms with van der Waals surface area (Å²) in [6, 6.07) is 7.46. The maximum atomic E-state index is 12.3. The van der Waals surface area contributed by atoms with Crippen LogP contribution >= 0.6 is 28.1 Å². The van der Waals surface area contributed by atoms with Crippen molar-refractivity contribution in [2.45, 2.75) is 26.3 Å². The Balaban J connectivity index is 2.82. The molecule has 0 saturated heterocycles. The van der Waals surface area contributed by atoms with E-state index < -0.39 is 0 Å². The van der Waals surface area contributed by atoms with E-state index in [0.717, 1.165) is 4.47 Å². The molecule has 0 bridgehead atoms. The lowest BCUT2D eigenvalue weighted by atomic mass is 10.1. The first-order valence-electron chi connectivity index (χ1n) is 5.76. The Morgan fingerprint density at radius 3 is 2.39 bits per heavy atom. The molecule has 0 aliphatic carbocycles. The molecule has 0 unspecified atom stereocenters. The molecule has 1 aromatic rings. The summed E-state index contributed by atoms with van der Waals surface area (Å²) >= 11 is 8.21. The van der Waals surface area contributed by atoms with Crippen molar-refractivity contribution in [1.82, 2.24) is 4.90 Å². The molecule has 1 amide bonds. The van der Waals surface area contributed by atoms with E-state index >= 15 is 0 Å². The summed E-state index contributed by atoms with van der Waals surface area (Å²) < 4.78 is 0.957. The molecule has 2 N–H and O–H groups in total. The smallest absolute Gasteiger partial charge is 0.254 e. The summed E-state index contributed by atoms with van der Waals surface area (Å²) in [5, 5.41) is 0. The van der Waals surface area contributed by atoms with Crippen LogP contribution in [0.5, 0.6) is 0 Å². The molecule has 0 aromatic heterocycles. The van der Waals surface area contributed by atoms with Crippen molar-refractivity contribution < 1.29 is 4.79 Å². The van der Waals surface area contributed by atoms with Crippen LogP contribution in [0.3, 0.4) is 0 Å². The number of carbonyl (C=O) groups is 1. The second-order valence-electron chi connectivity index (χ2n) is 4.32. The fourth-order valence-electron chi connectivity index (χ4n) is 1.58. The molecule has 0 aliphatic heterocycles. The van der Waals surface area contributed by atoms with E-state index in [1.165, 1.54) is 0 Å². The average molecular weight is 329 g/mol. The van der Waals surface area contributed by atoms with Crippen LogP contribution in [0.1, 0.15) is 30.6 Å². The van der Waals surface area contributed by atoms with Crippen LogP contribution in [0.4, 0.5) is 0 Å². The van der Waals surface area contributed by atoms with Gasteiger partial charge in [0.15, 0.2) is 0 Å². The molecule has 98 valence electrons. The van der Waals surface area contributed by atoms with E-state index in [-0.39, 0.29) is 11.9 Å². The second kappa shape index (κ2) is 6.85. The van der Waals surface area contributed by atoms with Gasteiger partial charge in [-0.1, -0.05) is 28.1 Å². The van der Waals surface area contributed by atoms with Crippen LogP contribution < -0.4 is 5.73 Å². The lowest BCUT2D eigenvalue weighted by molar-refractivity contribution is 0.0711. The molecule has 0 heterocycles. The normalized spacial score (nSPS) is 10.4. The zero-order valence-electron chi connectivity index (χ0n) is 10.5. The van der Waals surface area contributed by atoms with Crippen LogP contribution in [0.2, 0.25) is 0 Å². The number of halogens is 1. The Hall–Kier alpha value is -0.940. The molecule has 5 heteroatoms. The molecule has 0 atom stereocenters. The maximum absolute atomic E-state index is 12.3. The Kier molecular flexibility index (Phi) is 5.75. The number of hydrogen-bond acceptors (Lipinski definition) is 2. The number of benzene rings is 1. The highest BCUT2D eigenvalue weighted by Gasteiger charge is 2.18. The van der Waals surface area contributed by atoms with Gasteiger partial charge in [-0.3, -0.25) is 4.79 Å². The summed E-state index contributed by atoms with van der Waals surface area (Å²) in [4.78, 5) is 14.6. The van der Waals surface area contributed by atoms with E-state index in [4.69, 9.17) is 18.0 Å². The Bertz CT molecular complexity index is 431. The maximum Gasteiger partial charge on any atom is 0.254 e. The van der Waals surface area contributed by atoms with Gasteiger partial charge in [-0.15, -0.1) is 0 Å². The first kappa shape index (κ1) is 15.1.